The molecule has 0 aliphatic carbocycles. The number of rotatable bonds is 7. The van der Waals surface area contributed by atoms with Crippen LogP contribution in [0.1, 0.15) is 12.5 Å². The van der Waals surface area contributed by atoms with Crippen LogP contribution >= 0.6 is 0 Å². The van der Waals surface area contributed by atoms with Crippen LogP contribution in [-0.4, -0.2) is 56.1 Å². The van der Waals surface area contributed by atoms with E-state index in [1.807, 2.05) is 43.3 Å². The Hall–Kier alpha value is -2.53. The molecule has 2 rings (SSSR count). The molecule has 0 amide bonds. The molecule has 1 N–H and O–H groups in total. The molecule has 1 saturated heterocycles. The van der Waals surface area contributed by atoms with Crippen LogP contribution in [0.2, 0.25) is 0 Å². The minimum Gasteiger partial charge on any atom is -0.465 e. The lowest BCUT2D eigenvalue weighted by Gasteiger charge is -2.34. The Balaban J connectivity index is 2.18. The second kappa shape index (κ2) is 9.82. The number of allylic oxidation sites excluding steroid dienone is 2. The summed E-state index contributed by atoms with van der Waals surface area (Å²) in [6.07, 6.45) is 3.72. The average molecular weight is 355 g/mol. The predicted octanol–water partition coefficient (Wildman–Crippen LogP) is 2.54. The molecule has 1 aromatic carbocycles. The normalized spacial score (nSPS) is 16.3. The van der Waals surface area contributed by atoms with E-state index in [9.17, 15) is 4.79 Å². The van der Waals surface area contributed by atoms with Crippen LogP contribution in [-0.2, 0) is 16.1 Å². The van der Waals surface area contributed by atoms with Gasteiger partial charge in [0.1, 0.15) is 0 Å². The Morgan fingerprint density at radius 1 is 1.23 bits per heavy atom. The average Bonchev–Trinajstić information content (AvgIpc) is 2.67. The van der Waals surface area contributed by atoms with Gasteiger partial charge in [-0.1, -0.05) is 43.0 Å². The topological polar surface area (TPSA) is 44.8 Å². The minimum absolute atomic E-state index is 0.356. The molecule has 0 aromatic heterocycles. The van der Waals surface area contributed by atoms with Gasteiger partial charge in [0.2, 0.25) is 0 Å². The first-order valence-corrected chi connectivity index (χ1v) is 8.92. The fourth-order valence-corrected chi connectivity index (χ4v) is 2.86. The number of carbonyl (C=O) groups excluding carboxylic acids is 1. The maximum Gasteiger partial charge on any atom is 0.339 e. The summed E-state index contributed by atoms with van der Waals surface area (Å²) in [5.41, 5.74) is 3.28. The molecule has 5 nitrogen and oxygen atoms in total. The van der Waals surface area contributed by atoms with Crippen LogP contribution in [0.15, 0.2) is 66.0 Å². The Morgan fingerprint density at radius 2 is 1.88 bits per heavy atom. The van der Waals surface area contributed by atoms with Crippen LogP contribution in [0, 0.1) is 0 Å². The third kappa shape index (κ3) is 5.49. The fourth-order valence-electron chi connectivity index (χ4n) is 2.86. The van der Waals surface area contributed by atoms with E-state index in [0.29, 0.717) is 12.1 Å². The monoisotopic (exact) mass is 355 g/mol. The number of likely N-dealkylation sites (N-methyl/N-ethyl adjacent to an activating group) is 1. The van der Waals surface area contributed by atoms with Crippen molar-refractivity contribution in [3.05, 3.63) is 71.6 Å². The van der Waals surface area contributed by atoms with Crippen molar-refractivity contribution in [3.63, 3.8) is 0 Å². The molecule has 140 valence electrons. The van der Waals surface area contributed by atoms with Gasteiger partial charge >= 0.3 is 5.97 Å². The van der Waals surface area contributed by atoms with Gasteiger partial charge in [-0.2, -0.15) is 0 Å². The first-order valence-electron chi connectivity index (χ1n) is 8.92. The van der Waals surface area contributed by atoms with Crippen LogP contribution in [0.4, 0.5) is 0 Å². The van der Waals surface area contributed by atoms with Crippen LogP contribution in [0.25, 0.3) is 0 Å². The van der Waals surface area contributed by atoms with Gasteiger partial charge in [-0.25, -0.2) is 4.79 Å². The maximum atomic E-state index is 12.2. The Labute approximate surface area is 156 Å². The van der Waals surface area contributed by atoms with Crippen molar-refractivity contribution < 1.29 is 9.53 Å². The van der Waals surface area contributed by atoms with Crippen LogP contribution in [0.3, 0.4) is 0 Å². The predicted molar refractivity (Wildman–Crippen MR) is 105 cm³/mol. The molecule has 1 heterocycles. The van der Waals surface area contributed by atoms with E-state index in [1.165, 1.54) is 7.11 Å². The molecule has 0 unspecified atom stereocenters. The first-order chi connectivity index (χ1) is 12.5. The van der Waals surface area contributed by atoms with Gasteiger partial charge in [-0.05, 0) is 25.6 Å². The molecule has 0 saturated carbocycles. The quantitative estimate of drug-likeness (QED) is 0.463. The number of esters is 1. The van der Waals surface area contributed by atoms with E-state index in [0.717, 1.165) is 43.1 Å². The molecule has 0 bridgehead atoms. The van der Waals surface area contributed by atoms with Crippen molar-refractivity contribution in [2.24, 2.45) is 0 Å². The number of hydrogen-bond acceptors (Lipinski definition) is 5. The van der Waals surface area contributed by atoms with E-state index in [1.54, 1.807) is 6.08 Å². The second-order valence-corrected chi connectivity index (χ2v) is 6.37. The van der Waals surface area contributed by atoms with Crippen molar-refractivity contribution in [2.75, 3.05) is 40.3 Å². The lowest BCUT2D eigenvalue weighted by molar-refractivity contribution is -0.135. The third-order valence-electron chi connectivity index (χ3n) is 4.53. The molecule has 1 aliphatic heterocycles. The third-order valence-corrected chi connectivity index (χ3v) is 4.53. The number of ether oxygens (including phenoxy) is 1. The summed E-state index contributed by atoms with van der Waals surface area (Å²) in [4.78, 5) is 16.7. The number of nitrogens with zero attached hydrogens (tertiary/aromatic N) is 2. The highest BCUT2D eigenvalue weighted by Gasteiger charge is 2.18. The fraction of sp³-hybridized carbons (Fsp3) is 0.381. The zero-order valence-corrected chi connectivity index (χ0v) is 16.0. The highest BCUT2D eigenvalue weighted by Crippen LogP contribution is 2.16. The summed E-state index contributed by atoms with van der Waals surface area (Å²) in [5, 5.41) is 3.38. The van der Waals surface area contributed by atoms with Crippen molar-refractivity contribution in [1.29, 1.82) is 0 Å². The zero-order valence-electron chi connectivity index (χ0n) is 16.0. The van der Waals surface area contributed by atoms with E-state index >= 15 is 0 Å². The van der Waals surface area contributed by atoms with Crippen molar-refractivity contribution >= 4 is 5.97 Å². The second-order valence-electron chi connectivity index (χ2n) is 6.37. The van der Waals surface area contributed by atoms with Crippen LogP contribution in [0.5, 0.6) is 0 Å². The van der Waals surface area contributed by atoms with Gasteiger partial charge in [0.25, 0.3) is 0 Å². The summed E-state index contributed by atoms with van der Waals surface area (Å²) in [6.45, 7) is 10.5. The largest absolute Gasteiger partial charge is 0.465 e. The molecule has 5 heteroatoms. The van der Waals surface area contributed by atoms with Gasteiger partial charge in [-0.3, -0.25) is 0 Å². The maximum absolute atomic E-state index is 12.2. The first kappa shape index (κ1) is 19.8. The minimum atomic E-state index is -0.356. The summed E-state index contributed by atoms with van der Waals surface area (Å²) < 4.78 is 4.94. The highest BCUT2D eigenvalue weighted by atomic mass is 16.5. The summed E-state index contributed by atoms with van der Waals surface area (Å²) in [6, 6.07) is 10.1. The molecule has 1 aromatic rings. The van der Waals surface area contributed by atoms with E-state index in [4.69, 9.17) is 4.74 Å². The zero-order chi connectivity index (χ0) is 18.9. The van der Waals surface area contributed by atoms with Crippen molar-refractivity contribution in [3.8, 4) is 0 Å². The Bertz CT molecular complexity index is 672. The number of piperazine rings is 1. The van der Waals surface area contributed by atoms with Gasteiger partial charge < -0.3 is 19.9 Å². The van der Waals surface area contributed by atoms with Crippen molar-refractivity contribution in [1.82, 2.24) is 15.1 Å². The molecule has 0 atom stereocenters. The van der Waals surface area contributed by atoms with Gasteiger partial charge in [-0.15, -0.1) is 0 Å². The Morgan fingerprint density at radius 3 is 2.46 bits per heavy atom. The van der Waals surface area contributed by atoms with Gasteiger partial charge in [0, 0.05) is 38.4 Å². The molecule has 1 aliphatic rings. The molecule has 0 radical (unpaired) electrons. The smallest absolute Gasteiger partial charge is 0.339 e. The molecule has 26 heavy (non-hydrogen) atoms. The summed E-state index contributed by atoms with van der Waals surface area (Å²) in [7, 11) is 3.52. The summed E-state index contributed by atoms with van der Waals surface area (Å²) >= 11 is 0. The van der Waals surface area contributed by atoms with Crippen LogP contribution < -0.4 is 5.32 Å². The lowest BCUT2D eigenvalue weighted by Crippen LogP contribution is -2.43. The molecular weight excluding hydrogens is 326 g/mol. The Kier molecular flexibility index (Phi) is 7.48. The van der Waals surface area contributed by atoms with Gasteiger partial charge in [0.15, 0.2) is 0 Å². The van der Waals surface area contributed by atoms with E-state index in [2.05, 4.69) is 28.7 Å². The highest BCUT2D eigenvalue weighted by molar-refractivity contribution is 5.93. The molecule has 0 spiro atoms. The standard InChI is InChI=1S/C21H29N3O2/c1-5-19(21(25)26-4)20(22-16-18-9-7-6-8-10-18)15-17(2)24-13-11-23(3)12-14-24/h5-10,15,22H,2,11-14,16H2,1,3-4H3/b19-5+,20-15+. The molecule has 1 fully saturated rings. The lowest BCUT2D eigenvalue weighted by atomic mass is 10.1. The van der Waals surface area contributed by atoms with E-state index < -0.39 is 0 Å². The number of nitrogens with one attached hydrogen (secondary N) is 1. The SMILES string of the molecule is C=C(/C=C(NCc1ccccc1)\C(=C/C)C(=O)OC)N1CCN(C)CC1. The number of methoxy groups -OCH3 is 1. The van der Waals surface area contributed by atoms with E-state index in [-0.39, 0.29) is 5.97 Å². The number of carbonyl (C=O) groups is 1. The summed E-state index contributed by atoms with van der Waals surface area (Å²) in [5.74, 6) is -0.356. The van der Waals surface area contributed by atoms with Crippen molar-refractivity contribution in [2.45, 2.75) is 13.5 Å². The number of benzene rings is 1. The van der Waals surface area contributed by atoms with Gasteiger partial charge in [0.05, 0.1) is 18.4 Å². The number of hydrogen-bond donors (Lipinski definition) is 1. The molecular formula is C21H29N3O2.